The van der Waals surface area contributed by atoms with Crippen LogP contribution >= 0.6 is 0 Å². The number of benzene rings is 2. The molecule has 0 saturated carbocycles. The molecule has 3 rings (SSSR count). The maximum absolute atomic E-state index is 12.5. The minimum Gasteiger partial charge on any atom is -0.459 e. The van der Waals surface area contributed by atoms with Crippen LogP contribution in [0.3, 0.4) is 0 Å². The second kappa shape index (κ2) is 7.50. The first-order valence-corrected chi connectivity index (χ1v) is 7.71. The number of esters is 1. The zero-order valence-corrected chi connectivity index (χ0v) is 13.4. The second-order valence-electron chi connectivity index (χ2n) is 5.59. The molecule has 2 aromatic carbocycles. The minimum atomic E-state index is -0.590. The van der Waals surface area contributed by atoms with Crippen molar-refractivity contribution in [3.8, 4) is 0 Å². The van der Waals surface area contributed by atoms with Crippen LogP contribution in [0.4, 0.5) is 0 Å². The number of carbonyl (C=O) groups excluding carboxylic acids is 1. The van der Waals surface area contributed by atoms with Crippen molar-refractivity contribution in [1.82, 2.24) is 20.2 Å². The van der Waals surface area contributed by atoms with E-state index in [0.717, 1.165) is 11.1 Å². The first kappa shape index (κ1) is 15.9. The fourth-order valence-corrected chi connectivity index (χ4v) is 2.37. The highest BCUT2D eigenvalue weighted by molar-refractivity contribution is 5.74. The molecule has 0 unspecified atom stereocenters. The highest BCUT2D eigenvalue weighted by atomic mass is 16.5. The fourth-order valence-electron chi connectivity index (χ4n) is 2.37. The van der Waals surface area contributed by atoms with Gasteiger partial charge in [0.05, 0.1) is 0 Å². The Morgan fingerprint density at radius 3 is 2.50 bits per heavy atom. The second-order valence-corrected chi connectivity index (χ2v) is 5.59. The van der Waals surface area contributed by atoms with Crippen LogP contribution < -0.4 is 0 Å². The van der Waals surface area contributed by atoms with Gasteiger partial charge in [-0.15, -0.1) is 5.10 Å². The molecule has 1 aromatic heterocycles. The van der Waals surface area contributed by atoms with Gasteiger partial charge >= 0.3 is 5.97 Å². The topological polar surface area (TPSA) is 69.9 Å². The Balaban J connectivity index is 1.70. The van der Waals surface area contributed by atoms with E-state index in [2.05, 4.69) is 15.5 Å². The Hall–Kier alpha value is -3.02. The maximum atomic E-state index is 12.5. The van der Waals surface area contributed by atoms with Gasteiger partial charge in [-0.1, -0.05) is 60.2 Å². The maximum Gasteiger partial charge on any atom is 0.331 e. The number of hydrogen-bond donors (Lipinski definition) is 0. The minimum absolute atomic E-state index is 0.229. The Morgan fingerprint density at radius 2 is 1.83 bits per heavy atom. The van der Waals surface area contributed by atoms with Crippen molar-refractivity contribution in [3.63, 3.8) is 0 Å². The van der Waals surface area contributed by atoms with Crippen molar-refractivity contribution < 1.29 is 9.53 Å². The van der Waals surface area contributed by atoms with Crippen molar-refractivity contribution in [1.29, 1.82) is 0 Å². The van der Waals surface area contributed by atoms with E-state index in [4.69, 9.17) is 4.74 Å². The van der Waals surface area contributed by atoms with Gasteiger partial charge in [-0.3, -0.25) is 0 Å². The summed E-state index contributed by atoms with van der Waals surface area (Å²) in [6, 6.07) is 17.0. The van der Waals surface area contributed by atoms with E-state index in [1.807, 2.05) is 61.5 Å². The normalized spacial score (nSPS) is 11.9. The van der Waals surface area contributed by atoms with Gasteiger partial charge < -0.3 is 4.74 Å². The number of rotatable bonds is 6. The van der Waals surface area contributed by atoms with Gasteiger partial charge in [0, 0.05) is 6.42 Å². The highest BCUT2D eigenvalue weighted by Crippen LogP contribution is 2.16. The molecule has 0 radical (unpaired) electrons. The van der Waals surface area contributed by atoms with Gasteiger partial charge in [-0.2, -0.15) is 0 Å². The van der Waals surface area contributed by atoms with Crippen LogP contribution in [0.5, 0.6) is 0 Å². The third-order valence-corrected chi connectivity index (χ3v) is 3.73. The molecule has 122 valence electrons. The average molecular weight is 322 g/mol. The van der Waals surface area contributed by atoms with Gasteiger partial charge in [-0.05, 0) is 28.5 Å². The van der Waals surface area contributed by atoms with Gasteiger partial charge in [-0.25, -0.2) is 9.48 Å². The molecule has 24 heavy (non-hydrogen) atoms. The van der Waals surface area contributed by atoms with E-state index in [1.165, 1.54) is 16.6 Å². The predicted octanol–water partition coefficient (Wildman–Crippen LogP) is 2.51. The van der Waals surface area contributed by atoms with Gasteiger partial charge in [0.1, 0.15) is 12.9 Å². The number of aryl methyl sites for hydroxylation is 1. The molecule has 0 aliphatic heterocycles. The number of tetrazole rings is 1. The smallest absolute Gasteiger partial charge is 0.331 e. The van der Waals surface area contributed by atoms with Crippen LogP contribution in [-0.2, 0) is 22.6 Å². The van der Waals surface area contributed by atoms with Crippen molar-refractivity contribution in [2.24, 2.45) is 0 Å². The summed E-state index contributed by atoms with van der Waals surface area (Å²) < 4.78 is 6.91. The van der Waals surface area contributed by atoms with E-state index in [0.29, 0.717) is 6.42 Å². The lowest BCUT2D eigenvalue weighted by Gasteiger charge is -2.15. The molecule has 0 aliphatic rings. The number of nitrogens with zero attached hydrogens (tertiary/aromatic N) is 4. The number of hydrogen-bond acceptors (Lipinski definition) is 5. The molecule has 1 heterocycles. The lowest BCUT2D eigenvalue weighted by atomic mass is 10.1. The molecule has 6 nitrogen and oxygen atoms in total. The molecule has 0 N–H and O–H groups in total. The first-order valence-electron chi connectivity index (χ1n) is 7.71. The van der Waals surface area contributed by atoms with Crippen LogP contribution in [0.1, 0.15) is 22.7 Å². The number of carbonyl (C=O) groups is 1. The summed E-state index contributed by atoms with van der Waals surface area (Å²) in [5.41, 5.74) is 3.13. The van der Waals surface area contributed by atoms with Crippen molar-refractivity contribution in [2.45, 2.75) is 26.0 Å². The monoisotopic (exact) mass is 322 g/mol. The standard InChI is InChI=1S/C18H18N4O2/c1-14-7-9-16(10-8-14)12-24-18(23)17(22-13-19-20-21-22)11-15-5-3-2-4-6-15/h2-10,13,17H,11-12H2,1H3/t17-/m0/s1. The molecule has 0 aliphatic carbocycles. The Labute approximate surface area is 140 Å². The Kier molecular flexibility index (Phi) is 4.96. The first-order chi connectivity index (χ1) is 11.7. The number of aromatic nitrogens is 4. The molecule has 0 bridgehead atoms. The molecule has 0 saturated heterocycles. The molecule has 0 spiro atoms. The van der Waals surface area contributed by atoms with Crippen LogP contribution in [0.2, 0.25) is 0 Å². The Bertz CT molecular complexity index is 771. The summed E-state index contributed by atoms with van der Waals surface area (Å²) in [7, 11) is 0. The highest BCUT2D eigenvalue weighted by Gasteiger charge is 2.24. The summed E-state index contributed by atoms with van der Waals surface area (Å²) in [4.78, 5) is 12.5. The van der Waals surface area contributed by atoms with Crippen molar-refractivity contribution >= 4 is 5.97 Å². The van der Waals surface area contributed by atoms with E-state index in [9.17, 15) is 4.79 Å². The van der Waals surface area contributed by atoms with Crippen LogP contribution in [0.15, 0.2) is 60.9 Å². The van der Waals surface area contributed by atoms with E-state index in [-0.39, 0.29) is 12.6 Å². The average Bonchev–Trinajstić information content (AvgIpc) is 3.14. The fraction of sp³-hybridized carbons (Fsp3) is 0.222. The Morgan fingerprint density at radius 1 is 1.08 bits per heavy atom. The summed E-state index contributed by atoms with van der Waals surface area (Å²) >= 11 is 0. The van der Waals surface area contributed by atoms with E-state index >= 15 is 0 Å². The van der Waals surface area contributed by atoms with Gasteiger partial charge in [0.15, 0.2) is 6.04 Å². The molecular formula is C18H18N4O2. The van der Waals surface area contributed by atoms with Crippen molar-refractivity contribution in [2.75, 3.05) is 0 Å². The van der Waals surface area contributed by atoms with Gasteiger partial charge in [0.25, 0.3) is 0 Å². The van der Waals surface area contributed by atoms with Crippen molar-refractivity contribution in [3.05, 3.63) is 77.6 Å². The molecule has 0 fully saturated rings. The van der Waals surface area contributed by atoms with Crippen LogP contribution in [-0.4, -0.2) is 26.2 Å². The van der Waals surface area contributed by atoms with Crippen LogP contribution in [0.25, 0.3) is 0 Å². The summed E-state index contributed by atoms with van der Waals surface area (Å²) in [6.45, 7) is 2.25. The SMILES string of the molecule is Cc1ccc(COC(=O)[C@H](Cc2ccccc2)n2cnnn2)cc1. The van der Waals surface area contributed by atoms with E-state index < -0.39 is 6.04 Å². The largest absolute Gasteiger partial charge is 0.459 e. The third-order valence-electron chi connectivity index (χ3n) is 3.73. The lowest BCUT2D eigenvalue weighted by Crippen LogP contribution is -2.24. The molecular weight excluding hydrogens is 304 g/mol. The predicted molar refractivity (Wildman–Crippen MR) is 88.0 cm³/mol. The summed E-state index contributed by atoms with van der Waals surface area (Å²) in [5, 5.41) is 11.1. The van der Waals surface area contributed by atoms with Crippen LogP contribution in [0, 0.1) is 6.92 Å². The van der Waals surface area contributed by atoms with E-state index in [1.54, 1.807) is 0 Å². The quantitative estimate of drug-likeness (QED) is 0.652. The summed E-state index contributed by atoms with van der Waals surface area (Å²) in [6.07, 6.45) is 1.90. The molecule has 0 amide bonds. The zero-order valence-electron chi connectivity index (χ0n) is 13.4. The molecule has 3 aromatic rings. The van der Waals surface area contributed by atoms with Gasteiger partial charge in [0.2, 0.25) is 0 Å². The number of ether oxygens (including phenoxy) is 1. The zero-order chi connectivity index (χ0) is 16.8. The lowest BCUT2D eigenvalue weighted by molar-refractivity contribution is -0.149. The molecule has 1 atom stereocenters. The molecule has 6 heteroatoms. The third kappa shape index (κ3) is 4.04. The summed E-state index contributed by atoms with van der Waals surface area (Å²) in [5.74, 6) is -0.355.